The average Bonchev–Trinajstić information content (AvgIpc) is 2.45. The molecule has 0 saturated carbocycles. The second kappa shape index (κ2) is 7.93. The van der Waals surface area contributed by atoms with Gasteiger partial charge in [-0.05, 0) is 43.9 Å². The first-order valence-electron chi connectivity index (χ1n) is 7.38. The maximum absolute atomic E-state index is 6.08. The zero-order valence-corrected chi connectivity index (χ0v) is 11.6. The van der Waals surface area contributed by atoms with Crippen LogP contribution < -0.4 is 5.32 Å². The van der Waals surface area contributed by atoms with Crippen molar-refractivity contribution < 1.29 is 9.47 Å². The Morgan fingerprint density at radius 3 is 3.06 bits per heavy atom. The van der Waals surface area contributed by atoms with Crippen LogP contribution in [-0.2, 0) is 9.47 Å². The highest BCUT2D eigenvalue weighted by molar-refractivity contribution is 4.95. The van der Waals surface area contributed by atoms with Crippen LogP contribution in [0.1, 0.15) is 32.1 Å². The van der Waals surface area contributed by atoms with Crippen LogP contribution in [0.25, 0.3) is 0 Å². The molecule has 3 unspecified atom stereocenters. The Morgan fingerprint density at radius 1 is 1.33 bits per heavy atom. The molecule has 2 aliphatic rings. The van der Waals surface area contributed by atoms with Crippen molar-refractivity contribution in [1.82, 2.24) is 5.32 Å². The monoisotopic (exact) mass is 253 g/mol. The third-order valence-corrected chi connectivity index (χ3v) is 4.16. The van der Waals surface area contributed by atoms with E-state index in [1.807, 2.05) is 0 Å². The highest BCUT2D eigenvalue weighted by Gasteiger charge is 2.32. The molecule has 1 N–H and O–H groups in total. The number of methoxy groups -OCH3 is 1. The first-order chi connectivity index (χ1) is 8.92. The third-order valence-electron chi connectivity index (χ3n) is 4.16. The number of hydrogen-bond acceptors (Lipinski definition) is 3. The lowest BCUT2D eigenvalue weighted by molar-refractivity contribution is -0.0619. The van der Waals surface area contributed by atoms with Crippen LogP contribution in [0.4, 0.5) is 0 Å². The van der Waals surface area contributed by atoms with Crippen LogP contribution in [0.2, 0.25) is 0 Å². The summed E-state index contributed by atoms with van der Waals surface area (Å²) in [5.74, 6) is 1.43. The highest BCUT2D eigenvalue weighted by atomic mass is 16.5. The van der Waals surface area contributed by atoms with Crippen molar-refractivity contribution in [3.8, 4) is 0 Å². The highest BCUT2D eigenvalue weighted by Crippen LogP contribution is 2.32. The van der Waals surface area contributed by atoms with E-state index in [0.717, 1.165) is 32.2 Å². The molecule has 3 heteroatoms. The molecule has 18 heavy (non-hydrogen) atoms. The Bertz CT molecular complexity index is 255. The summed E-state index contributed by atoms with van der Waals surface area (Å²) >= 11 is 0. The standard InChI is InChI=1S/C15H27NO2/c1-17-11-9-16-12-14-8-5-10-18-15(14)13-6-3-2-4-7-13/h2-3,13-16H,4-12H2,1H3. The summed E-state index contributed by atoms with van der Waals surface area (Å²) in [6, 6.07) is 0. The van der Waals surface area contributed by atoms with E-state index in [1.54, 1.807) is 7.11 Å². The SMILES string of the molecule is COCCNCC1CCCOC1C1CC=CCC1. The lowest BCUT2D eigenvalue weighted by atomic mass is 9.80. The third kappa shape index (κ3) is 4.08. The van der Waals surface area contributed by atoms with Crippen molar-refractivity contribution in [3.63, 3.8) is 0 Å². The molecular formula is C15H27NO2. The van der Waals surface area contributed by atoms with Crippen molar-refractivity contribution in [2.24, 2.45) is 11.8 Å². The van der Waals surface area contributed by atoms with Gasteiger partial charge in [0.25, 0.3) is 0 Å². The minimum absolute atomic E-state index is 0.471. The lowest BCUT2D eigenvalue weighted by Crippen LogP contribution is -2.42. The smallest absolute Gasteiger partial charge is 0.0646 e. The van der Waals surface area contributed by atoms with Gasteiger partial charge in [0.05, 0.1) is 12.7 Å². The van der Waals surface area contributed by atoms with E-state index in [9.17, 15) is 0 Å². The fourth-order valence-electron chi connectivity index (χ4n) is 3.18. The number of rotatable bonds is 6. The Kier molecular flexibility index (Phi) is 6.18. The molecule has 0 aromatic carbocycles. The number of nitrogens with one attached hydrogen (secondary N) is 1. The van der Waals surface area contributed by atoms with E-state index in [-0.39, 0.29) is 0 Å². The zero-order valence-electron chi connectivity index (χ0n) is 11.6. The molecule has 1 saturated heterocycles. The maximum Gasteiger partial charge on any atom is 0.0646 e. The molecule has 0 amide bonds. The minimum Gasteiger partial charge on any atom is -0.383 e. The van der Waals surface area contributed by atoms with Crippen molar-refractivity contribution in [1.29, 1.82) is 0 Å². The second-order valence-electron chi connectivity index (χ2n) is 5.48. The molecule has 0 aromatic rings. The maximum atomic E-state index is 6.08. The quantitative estimate of drug-likeness (QED) is 0.582. The van der Waals surface area contributed by atoms with Gasteiger partial charge in [-0.3, -0.25) is 0 Å². The van der Waals surface area contributed by atoms with E-state index in [2.05, 4.69) is 17.5 Å². The van der Waals surface area contributed by atoms with Gasteiger partial charge in [0.15, 0.2) is 0 Å². The summed E-state index contributed by atoms with van der Waals surface area (Å²) in [6.45, 7) is 3.78. The van der Waals surface area contributed by atoms with Gasteiger partial charge in [0.1, 0.15) is 0 Å². The van der Waals surface area contributed by atoms with Crippen molar-refractivity contribution in [2.75, 3.05) is 33.4 Å². The van der Waals surface area contributed by atoms with Gasteiger partial charge in [-0.25, -0.2) is 0 Å². The van der Waals surface area contributed by atoms with Gasteiger partial charge in [-0.2, -0.15) is 0 Å². The largest absolute Gasteiger partial charge is 0.383 e. The first-order valence-corrected chi connectivity index (χ1v) is 7.38. The Morgan fingerprint density at radius 2 is 2.28 bits per heavy atom. The van der Waals surface area contributed by atoms with Crippen LogP contribution in [0.15, 0.2) is 12.2 Å². The van der Waals surface area contributed by atoms with E-state index in [0.29, 0.717) is 12.0 Å². The molecule has 0 bridgehead atoms. The fraction of sp³-hybridized carbons (Fsp3) is 0.867. The van der Waals surface area contributed by atoms with Gasteiger partial charge in [-0.15, -0.1) is 0 Å². The van der Waals surface area contributed by atoms with Crippen LogP contribution in [0.3, 0.4) is 0 Å². The van der Waals surface area contributed by atoms with Crippen LogP contribution >= 0.6 is 0 Å². The summed E-state index contributed by atoms with van der Waals surface area (Å²) in [7, 11) is 1.75. The second-order valence-corrected chi connectivity index (χ2v) is 5.48. The van der Waals surface area contributed by atoms with Crippen molar-refractivity contribution >= 4 is 0 Å². The summed E-state index contributed by atoms with van der Waals surface area (Å²) in [6.07, 6.45) is 11.4. The van der Waals surface area contributed by atoms with E-state index in [1.165, 1.54) is 32.1 Å². The first kappa shape index (κ1) is 14.0. The molecule has 2 rings (SSSR count). The fourth-order valence-corrected chi connectivity index (χ4v) is 3.18. The lowest BCUT2D eigenvalue weighted by Gasteiger charge is -2.38. The van der Waals surface area contributed by atoms with Gasteiger partial charge < -0.3 is 14.8 Å². The number of allylic oxidation sites excluding steroid dienone is 2. The predicted octanol–water partition coefficient (Wildman–Crippen LogP) is 2.37. The Balaban J connectivity index is 1.79. The molecule has 1 aliphatic heterocycles. The minimum atomic E-state index is 0.471. The predicted molar refractivity (Wildman–Crippen MR) is 73.7 cm³/mol. The molecule has 0 aromatic heterocycles. The van der Waals surface area contributed by atoms with E-state index >= 15 is 0 Å². The van der Waals surface area contributed by atoms with Crippen LogP contribution in [0, 0.1) is 11.8 Å². The molecule has 1 heterocycles. The topological polar surface area (TPSA) is 30.5 Å². The zero-order chi connectivity index (χ0) is 12.6. The molecule has 0 spiro atoms. The van der Waals surface area contributed by atoms with Gasteiger partial charge in [0.2, 0.25) is 0 Å². The van der Waals surface area contributed by atoms with Gasteiger partial charge in [0, 0.05) is 26.8 Å². The van der Waals surface area contributed by atoms with E-state index < -0.39 is 0 Å². The van der Waals surface area contributed by atoms with Crippen LogP contribution in [0.5, 0.6) is 0 Å². The molecule has 104 valence electrons. The van der Waals surface area contributed by atoms with Crippen LogP contribution in [-0.4, -0.2) is 39.5 Å². The van der Waals surface area contributed by atoms with Gasteiger partial charge in [-0.1, -0.05) is 12.2 Å². The summed E-state index contributed by atoms with van der Waals surface area (Å²) in [5, 5.41) is 3.50. The summed E-state index contributed by atoms with van der Waals surface area (Å²) in [4.78, 5) is 0. The molecule has 0 radical (unpaired) electrons. The molecular weight excluding hydrogens is 226 g/mol. The molecule has 1 aliphatic carbocycles. The number of hydrogen-bond donors (Lipinski definition) is 1. The van der Waals surface area contributed by atoms with Crippen molar-refractivity contribution in [2.45, 2.75) is 38.2 Å². The van der Waals surface area contributed by atoms with E-state index in [4.69, 9.17) is 9.47 Å². The Hall–Kier alpha value is -0.380. The Labute approximate surface area is 111 Å². The molecule has 1 fully saturated rings. The summed E-state index contributed by atoms with van der Waals surface area (Å²) in [5.41, 5.74) is 0. The molecule has 3 atom stereocenters. The summed E-state index contributed by atoms with van der Waals surface area (Å²) < 4.78 is 11.2. The normalized spacial score (nSPS) is 32.6. The van der Waals surface area contributed by atoms with Crippen molar-refractivity contribution in [3.05, 3.63) is 12.2 Å². The number of ether oxygens (including phenoxy) is 2. The molecule has 3 nitrogen and oxygen atoms in total. The average molecular weight is 253 g/mol. The van der Waals surface area contributed by atoms with Gasteiger partial charge >= 0.3 is 0 Å².